The summed E-state index contributed by atoms with van der Waals surface area (Å²) >= 11 is 0. The van der Waals surface area contributed by atoms with Crippen LogP contribution in [-0.2, 0) is 9.53 Å². The topological polar surface area (TPSA) is 46.5 Å². The van der Waals surface area contributed by atoms with Gasteiger partial charge in [0.25, 0.3) is 0 Å². The van der Waals surface area contributed by atoms with Crippen LogP contribution in [0, 0.1) is 5.82 Å². The van der Waals surface area contributed by atoms with Crippen LogP contribution in [0.2, 0.25) is 0 Å². The van der Waals surface area contributed by atoms with Gasteiger partial charge in [-0.15, -0.1) is 0 Å². The van der Waals surface area contributed by atoms with E-state index in [0.29, 0.717) is 24.0 Å². The van der Waals surface area contributed by atoms with E-state index in [4.69, 9.17) is 9.84 Å². The number of rotatable bonds is 7. The van der Waals surface area contributed by atoms with Crippen LogP contribution in [-0.4, -0.2) is 24.3 Å². The molecule has 0 aliphatic carbocycles. The molecule has 0 aliphatic rings. The monoisotopic (exact) mass is 316 g/mol. The maximum Gasteiger partial charge on any atom is 0.313 e. The second-order valence-corrected chi connectivity index (χ2v) is 5.43. The molecule has 0 aliphatic heterocycles. The zero-order chi connectivity index (χ0) is 16.7. The Bertz CT molecular complexity index is 640. The number of unbranched alkanes of at least 4 members (excludes halogenated alkanes) is 1. The molecule has 4 heteroatoms. The molecule has 0 fully saturated rings. The van der Waals surface area contributed by atoms with Crippen LogP contribution in [0.1, 0.15) is 31.2 Å². The molecule has 0 saturated carbocycles. The Morgan fingerprint density at radius 1 is 1.17 bits per heavy atom. The van der Waals surface area contributed by atoms with E-state index in [1.165, 1.54) is 6.07 Å². The number of carbonyl (C=O) groups excluding carboxylic acids is 1. The van der Waals surface area contributed by atoms with Crippen LogP contribution in [0.5, 0.6) is 0 Å². The minimum absolute atomic E-state index is 0.0826. The summed E-state index contributed by atoms with van der Waals surface area (Å²) in [6.07, 6.45) is 1.22. The molecule has 0 aromatic heterocycles. The fourth-order valence-electron chi connectivity index (χ4n) is 2.30. The normalized spacial score (nSPS) is 12.0. The van der Waals surface area contributed by atoms with Crippen molar-refractivity contribution < 1.29 is 19.0 Å². The first-order valence-corrected chi connectivity index (χ1v) is 7.76. The fraction of sp³-hybridized carbons (Fsp3) is 0.316. The van der Waals surface area contributed by atoms with Crippen molar-refractivity contribution >= 4 is 5.97 Å². The summed E-state index contributed by atoms with van der Waals surface area (Å²) in [6, 6.07) is 14.1. The number of esters is 1. The second kappa shape index (κ2) is 8.44. The average molecular weight is 316 g/mol. The highest BCUT2D eigenvalue weighted by molar-refractivity contribution is 5.78. The molecule has 0 radical (unpaired) electrons. The Labute approximate surface area is 135 Å². The summed E-state index contributed by atoms with van der Waals surface area (Å²) in [4.78, 5) is 12.0. The quantitative estimate of drug-likeness (QED) is 0.622. The van der Waals surface area contributed by atoms with Crippen molar-refractivity contribution in [1.82, 2.24) is 0 Å². The molecule has 1 atom stereocenters. The third kappa shape index (κ3) is 4.63. The first kappa shape index (κ1) is 17.2. The number of ether oxygens (including phenoxy) is 1. The molecule has 0 bridgehead atoms. The van der Waals surface area contributed by atoms with Crippen molar-refractivity contribution in [2.24, 2.45) is 0 Å². The van der Waals surface area contributed by atoms with Gasteiger partial charge in [0.15, 0.2) is 0 Å². The average Bonchev–Trinajstić information content (AvgIpc) is 2.58. The molecule has 2 rings (SSSR count). The molecule has 2 aromatic carbocycles. The summed E-state index contributed by atoms with van der Waals surface area (Å²) in [5, 5.41) is 8.69. The van der Waals surface area contributed by atoms with Gasteiger partial charge >= 0.3 is 5.97 Å². The summed E-state index contributed by atoms with van der Waals surface area (Å²) < 4.78 is 19.5. The van der Waals surface area contributed by atoms with Crippen LogP contribution in [0.3, 0.4) is 0 Å². The maximum absolute atomic E-state index is 14.3. The maximum atomic E-state index is 14.3. The van der Waals surface area contributed by atoms with Crippen LogP contribution >= 0.6 is 0 Å². The van der Waals surface area contributed by atoms with Gasteiger partial charge in [-0.2, -0.15) is 0 Å². The van der Waals surface area contributed by atoms with Gasteiger partial charge in [-0.3, -0.25) is 4.79 Å². The molecule has 0 heterocycles. The SMILES string of the molecule is CC(C(=O)OCCCCO)c1ccc(-c2ccccc2)c(F)c1. The van der Waals surface area contributed by atoms with E-state index in [9.17, 15) is 9.18 Å². The Kier molecular flexibility index (Phi) is 6.29. The van der Waals surface area contributed by atoms with E-state index in [0.717, 1.165) is 5.56 Å². The molecule has 1 unspecified atom stereocenters. The number of aliphatic hydroxyl groups excluding tert-OH is 1. The molecule has 122 valence electrons. The lowest BCUT2D eigenvalue weighted by atomic mass is 9.97. The minimum atomic E-state index is -0.525. The van der Waals surface area contributed by atoms with Gasteiger partial charge in [-0.05, 0) is 37.0 Å². The summed E-state index contributed by atoms with van der Waals surface area (Å²) in [5.74, 6) is -1.26. The second-order valence-electron chi connectivity index (χ2n) is 5.43. The Balaban J connectivity index is 2.06. The van der Waals surface area contributed by atoms with Gasteiger partial charge < -0.3 is 9.84 Å². The van der Waals surface area contributed by atoms with Crippen molar-refractivity contribution in [1.29, 1.82) is 0 Å². The fourth-order valence-corrected chi connectivity index (χ4v) is 2.30. The zero-order valence-corrected chi connectivity index (χ0v) is 13.2. The standard InChI is InChI=1S/C19H21FO3/c1-14(19(22)23-12-6-5-11-21)16-9-10-17(18(20)13-16)15-7-3-2-4-8-15/h2-4,7-10,13-14,21H,5-6,11-12H2,1H3. The van der Waals surface area contributed by atoms with Gasteiger partial charge in [-0.25, -0.2) is 4.39 Å². The largest absolute Gasteiger partial charge is 0.465 e. The summed E-state index contributed by atoms with van der Waals surface area (Å²) in [5.41, 5.74) is 1.91. The van der Waals surface area contributed by atoms with Gasteiger partial charge in [0, 0.05) is 12.2 Å². The van der Waals surface area contributed by atoms with E-state index in [2.05, 4.69) is 0 Å². The third-order valence-electron chi connectivity index (χ3n) is 3.73. The molecule has 0 amide bonds. The zero-order valence-electron chi connectivity index (χ0n) is 13.2. The first-order chi connectivity index (χ1) is 11.1. The molecule has 1 N–H and O–H groups in total. The predicted octanol–water partition coefficient (Wildman–Crippen LogP) is 3.91. The van der Waals surface area contributed by atoms with Crippen molar-refractivity contribution in [2.75, 3.05) is 13.2 Å². The van der Waals surface area contributed by atoms with Gasteiger partial charge in [0.2, 0.25) is 0 Å². The minimum Gasteiger partial charge on any atom is -0.465 e. The highest BCUT2D eigenvalue weighted by atomic mass is 19.1. The molecule has 23 heavy (non-hydrogen) atoms. The van der Waals surface area contributed by atoms with E-state index in [-0.39, 0.29) is 25.0 Å². The first-order valence-electron chi connectivity index (χ1n) is 7.76. The number of hydrogen-bond acceptors (Lipinski definition) is 3. The lowest BCUT2D eigenvalue weighted by Gasteiger charge is -2.13. The highest BCUT2D eigenvalue weighted by Crippen LogP contribution is 2.26. The number of halogens is 1. The van der Waals surface area contributed by atoms with Crippen molar-refractivity contribution in [3.63, 3.8) is 0 Å². The van der Waals surface area contributed by atoms with Crippen LogP contribution < -0.4 is 0 Å². The van der Waals surface area contributed by atoms with Gasteiger partial charge in [-0.1, -0.05) is 42.5 Å². The molecule has 0 saturated heterocycles. The van der Waals surface area contributed by atoms with Crippen LogP contribution in [0.25, 0.3) is 11.1 Å². The van der Waals surface area contributed by atoms with Crippen LogP contribution in [0.15, 0.2) is 48.5 Å². The van der Waals surface area contributed by atoms with Gasteiger partial charge in [0.1, 0.15) is 5.82 Å². The van der Waals surface area contributed by atoms with Crippen molar-refractivity contribution in [2.45, 2.75) is 25.7 Å². The van der Waals surface area contributed by atoms with E-state index >= 15 is 0 Å². The Morgan fingerprint density at radius 2 is 1.91 bits per heavy atom. The predicted molar refractivity (Wildman–Crippen MR) is 87.5 cm³/mol. The van der Waals surface area contributed by atoms with E-state index in [1.807, 2.05) is 30.3 Å². The molecule has 3 nitrogen and oxygen atoms in total. The van der Waals surface area contributed by atoms with Gasteiger partial charge in [0.05, 0.1) is 12.5 Å². The number of hydrogen-bond donors (Lipinski definition) is 1. The Hall–Kier alpha value is -2.20. The summed E-state index contributed by atoms with van der Waals surface area (Å²) in [6.45, 7) is 2.05. The van der Waals surface area contributed by atoms with Crippen molar-refractivity contribution in [3.05, 3.63) is 59.9 Å². The lowest BCUT2D eigenvalue weighted by Crippen LogP contribution is -2.14. The highest BCUT2D eigenvalue weighted by Gasteiger charge is 2.18. The number of aliphatic hydroxyl groups is 1. The molecule has 2 aromatic rings. The summed E-state index contributed by atoms with van der Waals surface area (Å²) in [7, 11) is 0. The molecular formula is C19H21FO3. The third-order valence-corrected chi connectivity index (χ3v) is 3.73. The smallest absolute Gasteiger partial charge is 0.313 e. The number of carbonyl (C=O) groups is 1. The molecule has 0 spiro atoms. The Morgan fingerprint density at radius 3 is 2.57 bits per heavy atom. The van der Waals surface area contributed by atoms with Crippen molar-refractivity contribution in [3.8, 4) is 11.1 Å². The number of benzene rings is 2. The lowest BCUT2D eigenvalue weighted by molar-refractivity contribution is -0.145. The van der Waals surface area contributed by atoms with Crippen LogP contribution in [0.4, 0.5) is 4.39 Å². The molecular weight excluding hydrogens is 295 g/mol. The van der Waals surface area contributed by atoms with E-state index in [1.54, 1.807) is 19.1 Å². The van der Waals surface area contributed by atoms with E-state index < -0.39 is 5.92 Å².